The molecule has 252 valence electrons. The molecular formula is C37H40F2N4O5. The maximum absolute atomic E-state index is 14.4. The van der Waals surface area contributed by atoms with Crippen LogP contribution in [-0.2, 0) is 28.8 Å². The predicted molar refractivity (Wildman–Crippen MR) is 178 cm³/mol. The van der Waals surface area contributed by atoms with E-state index in [-0.39, 0.29) is 36.9 Å². The van der Waals surface area contributed by atoms with Crippen LogP contribution in [0.25, 0.3) is 11.1 Å². The van der Waals surface area contributed by atoms with E-state index in [0.29, 0.717) is 5.56 Å². The number of aromatic nitrogens is 1. The zero-order valence-electron chi connectivity index (χ0n) is 27.1. The molecule has 3 unspecified atom stereocenters. The van der Waals surface area contributed by atoms with Gasteiger partial charge in [-0.1, -0.05) is 42.5 Å². The Bertz CT molecular complexity index is 1710. The third-order valence-electron chi connectivity index (χ3n) is 7.43. The van der Waals surface area contributed by atoms with Crippen molar-refractivity contribution in [2.24, 2.45) is 5.73 Å². The van der Waals surface area contributed by atoms with E-state index in [4.69, 9.17) is 10.5 Å². The molecule has 0 saturated carbocycles. The number of alkyl carbamates (subject to hydrolysis) is 1. The number of benzene rings is 3. The second kappa shape index (κ2) is 16.2. The van der Waals surface area contributed by atoms with Crippen LogP contribution < -0.4 is 16.4 Å². The second-order valence-electron chi connectivity index (χ2n) is 12.6. The summed E-state index contributed by atoms with van der Waals surface area (Å²) in [4.78, 5) is 42.6. The monoisotopic (exact) mass is 658 g/mol. The molecular weight excluding hydrogens is 618 g/mol. The number of Topliss-reactive ketones (excluding diaryl/α,β-unsaturated/α-hetero) is 1. The average Bonchev–Trinajstić information content (AvgIpc) is 3.04. The standard InChI is InChI=1S/C37H40F2N4O5/c1-37(2,3)48-36(47)43-30(20-28-19-29(38)13-14-31(28)39)22-42-35(46)26-7-4-6-24(16-26)18-33(44)34(45)32(40)17-23-9-11-25(12-10-23)27-8-5-15-41-21-27/h4-16,19,21,30,32,34,45H,17-18,20,22,40H2,1-3H3,(H,42,46)(H,43,47). The molecule has 1 aromatic heterocycles. The minimum Gasteiger partial charge on any atom is -0.444 e. The molecule has 9 nitrogen and oxygen atoms in total. The summed E-state index contributed by atoms with van der Waals surface area (Å²) >= 11 is 0. The predicted octanol–water partition coefficient (Wildman–Crippen LogP) is 4.94. The Morgan fingerprint density at radius 2 is 1.67 bits per heavy atom. The number of nitrogens with two attached hydrogens (primary N) is 1. The normalized spacial score (nSPS) is 13.2. The molecule has 5 N–H and O–H groups in total. The van der Waals surface area contributed by atoms with E-state index in [9.17, 15) is 28.3 Å². The van der Waals surface area contributed by atoms with E-state index in [0.717, 1.165) is 34.9 Å². The first-order valence-electron chi connectivity index (χ1n) is 15.5. The highest BCUT2D eigenvalue weighted by Gasteiger charge is 2.25. The summed E-state index contributed by atoms with van der Waals surface area (Å²) in [5.41, 5.74) is 8.95. The zero-order chi connectivity index (χ0) is 34.8. The van der Waals surface area contributed by atoms with Crippen molar-refractivity contribution < 1.29 is 33.0 Å². The van der Waals surface area contributed by atoms with Gasteiger partial charge in [0.1, 0.15) is 23.3 Å². The first-order valence-corrected chi connectivity index (χ1v) is 15.5. The van der Waals surface area contributed by atoms with Crippen molar-refractivity contribution in [3.63, 3.8) is 0 Å². The van der Waals surface area contributed by atoms with Crippen LogP contribution in [0.4, 0.5) is 13.6 Å². The first kappa shape index (κ1) is 35.8. The minimum absolute atomic E-state index is 0.0179. The number of hydrogen-bond acceptors (Lipinski definition) is 7. The summed E-state index contributed by atoms with van der Waals surface area (Å²) in [6.07, 6.45) is 1.26. The molecule has 0 bridgehead atoms. The van der Waals surface area contributed by atoms with Gasteiger partial charge in [0, 0.05) is 37.0 Å². The van der Waals surface area contributed by atoms with E-state index < -0.39 is 53.2 Å². The highest BCUT2D eigenvalue weighted by atomic mass is 19.1. The molecule has 4 aromatic rings. The van der Waals surface area contributed by atoms with Crippen molar-refractivity contribution in [2.75, 3.05) is 6.54 Å². The SMILES string of the molecule is CC(C)(C)OC(=O)NC(CNC(=O)c1cccc(CC(=O)C(O)C(N)Cc2ccc(-c3cccnc3)cc2)c1)Cc1cc(F)ccc1F. The molecule has 0 radical (unpaired) electrons. The van der Waals surface area contributed by atoms with E-state index in [1.54, 1.807) is 51.4 Å². The van der Waals surface area contributed by atoms with Crippen molar-refractivity contribution in [1.82, 2.24) is 15.6 Å². The Kier molecular flexibility index (Phi) is 12.1. The molecule has 0 aliphatic rings. The number of halogens is 2. The molecule has 0 aliphatic carbocycles. The van der Waals surface area contributed by atoms with E-state index in [1.165, 1.54) is 6.07 Å². The average molecular weight is 659 g/mol. The third-order valence-corrected chi connectivity index (χ3v) is 7.43. The van der Waals surface area contributed by atoms with Gasteiger partial charge in [-0.15, -0.1) is 0 Å². The molecule has 3 aromatic carbocycles. The van der Waals surface area contributed by atoms with Crippen LogP contribution in [0.5, 0.6) is 0 Å². The maximum atomic E-state index is 14.4. The molecule has 11 heteroatoms. The highest BCUT2D eigenvalue weighted by Crippen LogP contribution is 2.20. The summed E-state index contributed by atoms with van der Waals surface area (Å²) in [6, 6.07) is 19.1. The van der Waals surface area contributed by atoms with Crippen LogP contribution in [0.3, 0.4) is 0 Å². The van der Waals surface area contributed by atoms with Gasteiger partial charge >= 0.3 is 6.09 Å². The highest BCUT2D eigenvalue weighted by molar-refractivity contribution is 5.95. The van der Waals surface area contributed by atoms with Crippen LogP contribution >= 0.6 is 0 Å². The summed E-state index contributed by atoms with van der Waals surface area (Å²) < 4.78 is 33.5. The van der Waals surface area contributed by atoms with Crippen molar-refractivity contribution in [3.8, 4) is 11.1 Å². The number of carbonyl (C=O) groups is 3. The summed E-state index contributed by atoms with van der Waals surface area (Å²) in [5.74, 6) is -2.31. The van der Waals surface area contributed by atoms with Gasteiger partial charge in [-0.25, -0.2) is 13.6 Å². The Labute approximate surface area is 278 Å². The van der Waals surface area contributed by atoms with Crippen molar-refractivity contribution in [1.29, 1.82) is 0 Å². The first-order chi connectivity index (χ1) is 22.8. The van der Waals surface area contributed by atoms with Gasteiger partial charge in [-0.2, -0.15) is 0 Å². The Morgan fingerprint density at radius 3 is 2.35 bits per heavy atom. The van der Waals surface area contributed by atoms with Gasteiger partial charge in [0.15, 0.2) is 5.78 Å². The Morgan fingerprint density at radius 1 is 0.917 bits per heavy atom. The smallest absolute Gasteiger partial charge is 0.407 e. The number of nitrogens with one attached hydrogen (secondary N) is 2. The van der Waals surface area contributed by atoms with Crippen molar-refractivity contribution >= 4 is 17.8 Å². The quantitative estimate of drug-likeness (QED) is 0.159. The number of ketones is 1. The van der Waals surface area contributed by atoms with Crippen LogP contribution in [0, 0.1) is 11.6 Å². The zero-order valence-corrected chi connectivity index (χ0v) is 27.1. The summed E-state index contributed by atoms with van der Waals surface area (Å²) in [7, 11) is 0. The second-order valence-corrected chi connectivity index (χ2v) is 12.6. The molecule has 0 aliphatic heterocycles. The van der Waals surface area contributed by atoms with Crippen LogP contribution in [0.15, 0.2) is 91.3 Å². The fourth-order valence-corrected chi connectivity index (χ4v) is 5.05. The van der Waals surface area contributed by atoms with E-state index >= 15 is 0 Å². The lowest BCUT2D eigenvalue weighted by molar-refractivity contribution is -0.127. The molecule has 0 saturated heterocycles. The Balaban J connectivity index is 1.35. The van der Waals surface area contributed by atoms with Gasteiger partial charge in [0.25, 0.3) is 5.91 Å². The molecule has 0 spiro atoms. The maximum Gasteiger partial charge on any atom is 0.407 e. The fourth-order valence-electron chi connectivity index (χ4n) is 5.05. The van der Waals surface area contributed by atoms with Gasteiger partial charge in [0.05, 0.1) is 6.04 Å². The summed E-state index contributed by atoms with van der Waals surface area (Å²) in [5, 5.41) is 16.0. The number of aliphatic hydroxyl groups is 1. The molecule has 4 rings (SSSR count). The van der Waals surface area contributed by atoms with Gasteiger partial charge < -0.3 is 26.2 Å². The molecule has 2 amide bonds. The number of carbonyl (C=O) groups excluding carboxylic acids is 3. The van der Waals surface area contributed by atoms with E-state index in [2.05, 4.69) is 15.6 Å². The number of pyridine rings is 1. The Hall–Kier alpha value is -5.00. The number of hydrogen-bond donors (Lipinski definition) is 4. The third kappa shape index (κ3) is 10.8. The van der Waals surface area contributed by atoms with Crippen LogP contribution in [0.2, 0.25) is 0 Å². The van der Waals surface area contributed by atoms with Gasteiger partial charge in [-0.05, 0) is 97.8 Å². The number of rotatable bonds is 13. The molecule has 1 heterocycles. The lowest BCUT2D eigenvalue weighted by Crippen LogP contribution is -2.46. The van der Waals surface area contributed by atoms with Crippen molar-refractivity contribution in [2.45, 2.75) is 63.8 Å². The van der Waals surface area contributed by atoms with Gasteiger partial charge in [-0.3, -0.25) is 14.6 Å². The number of amides is 2. The largest absolute Gasteiger partial charge is 0.444 e. The molecule has 0 fully saturated rings. The molecule has 3 atom stereocenters. The summed E-state index contributed by atoms with van der Waals surface area (Å²) in [6.45, 7) is 4.92. The lowest BCUT2D eigenvalue weighted by atomic mass is 9.95. The topological polar surface area (TPSA) is 144 Å². The number of ether oxygens (including phenoxy) is 1. The van der Waals surface area contributed by atoms with Crippen LogP contribution in [0.1, 0.15) is 47.8 Å². The van der Waals surface area contributed by atoms with Crippen molar-refractivity contribution in [3.05, 3.63) is 125 Å². The van der Waals surface area contributed by atoms with Crippen LogP contribution in [-0.4, -0.2) is 58.2 Å². The van der Waals surface area contributed by atoms with Gasteiger partial charge in [0.2, 0.25) is 0 Å². The minimum atomic E-state index is -1.43. The lowest BCUT2D eigenvalue weighted by Gasteiger charge is -2.24. The number of aliphatic hydroxyl groups excluding tert-OH is 1. The molecule has 48 heavy (non-hydrogen) atoms. The van der Waals surface area contributed by atoms with E-state index in [1.807, 2.05) is 36.4 Å². The number of nitrogens with zero attached hydrogens (tertiary/aromatic N) is 1. The fraction of sp³-hybridized carbons (Fsp3) is 0.297.